The maximum absolute atomic E-state index is 12.6. The lowest BCUT2D eigenvalue weighted by Crippen LogP contribution is -2.52. The van der Waals surface area contributed by atoms with E-state index >= 15 is 0 Å². The second-order valence-corrected chi connectivity index (χ2v) is 7.22. The molecule has 3 rings (SSSR count). The van der Waals surface area contributed by atoms with Gasteiger partial charge in [0.05, 0.1) is 6.61 Å². The molecule has 8 heteroatoms. The monoisotopic (exact) mass is 426 g/mol. The average molecular weight is 426 g/mol. The first kappa shape index (κ1) is 22.3. The van der Waals surface area contributed by atoms with Crippen LogP contribution in [0.1, 0.15) is 24.0 Å². The Balaban J connectivity index is 1.67. The summed E-state index contributed by atoms with van der Waals surface area (Å²) in [6.07, 6.45) is -0.761. The predicted molar refractivity (Wildman–Crippen MR) is 114 cm³/mol. The Morgan fingerprint density at radius 3 is 2.16 bits per heavy atom. The number of ether oxygens (including phenoxy) is 2. The number of rotatable bonds is 9. The van der Waals surface area contributed by atoms with Gasteiger partial charge in [-0.05, 0) is 29.2 Å². The molecule has 0 heterocycles. The zero-order valence-electron chi connectivity index (χ0n) is 17.5. The summed E-state index contributed by atoms with van der Waals surface area (Å²) < 4.78 is 10.5. The molecule has 0 saturated heterocycles. The molecule has 0 radical (unpaired) electrons. The van der Waals surface area contributed by atoms with Crippen LogP contribution >= 0.6 is 0 Å². The maximum Gasteiger partial charge on any atom is 0.407 e. The Hall–Kier alpha value is -3.39. The van der Waals surface area contributed by atoms with Crippen LogP contribution in [0.25, 0.3) is 11.1 Å². The molecular weight excluding hydrogens is 400 g/mol. The fourth-order valence-electron chi connectivity index (χ4n) is 3.85. The number of methoxy groups -OCH3 is 1. The number of carboxylic acid groups (broad SMARTS) is 1. The number of amides is 2. The van der Waals surface area contributed by atoms with Crippen LogP contribution in [-0.4, -0.2) is 67.4 Å². The van der Waals surface area contributed by atoms with E-state index in [0.717, 1.165) is 27.2 Å². The van der Waals surface area contributed by atoms with E-state index in [0.29, 0.717) is 0 Å². The van der Waals surface area contributed by atoms with Crippen molar-refractivity contribution in [1.82, 2.24) is 10.2 Å². The third kappa shape index (κ3) is 5.03. The number of nitrogens with zero attached hydrogens (tertiary/aromatic N) is 1. The highest BCUT2D eigenvalue weighted by molar-refractivity contribution is 5.88. The van der Waals surface area contributed by atoms with Crippen molar-refractivity contribution < 1.29 is 29.0 Å². The van der Waals surface area contributed by atoms with Gasteiger partial charge in [0.1, 0.15) is 19.2 Å². The van der Waals surface area contributed by atoms with Gasteiger partial charge in [0.2, 0.25) is 5.91 Å². The van der Waals surface area contributed by atoms with E-state index in [9.17, 15) is 14.4 Å². The van der Waals surface area contributed by atoms with Crippen LogP contribution in [-0.2, 0) is 19.1 Å². The number of alkyl carbamates (subject to hydrolysis) is 1. The van der Waals surface area contributed by atoms with Gasteiger partial charge in [-0.15, -0.1) is 0 Å². The van der Waals surface area contributed by atoms with Crippen molar-refractivity contribution in [2.45, 2.75) is 18.9 Å². The van der Waals surface area contributed by atoms with Gasteiger partial charge in [0, 0.05) is 19.6 Å². The summed E-state index contributed by atoms with van der Waals surface area (Å²) in [5, 5.41) is 11.5. The van der Waals surface area contributed by atoms with Gasteiger partial charge in [-0.3, -0.25) is 9.59 Å². The summed E-state index contributed by atoms with van der Waals surface area (Å²) in [6, 6.07) is 14.9. The van der Waals surface area contributed by atoms with Crippen molar-refractivity contribution in [3.8, 4) is 11.1 Å². The highest BCUT2D eigenvalue weighted by atomic mass is 16.5. The predicted octanol–water partition coefficient (Wildman–Crippen LogP) is 2.47. The Bertz CT molecular complexity index is 915. The SMILES string of the molecule is CCN(CC(=O)O)C(=O)C(COC)NC(=O)OCC1c2ccccc2-c2ccccc21. The van der Waals surface area contributed by atoms with Gasteiger partial charge in [-0.1, -0.05) is 48.5 Å². The lowest BCUT2D eigenvalue weighted by Gasteiger charge is -2.25. The lowest BCUT2D eigenvalue weighted by atomic mass is 9.98. The number of hydrogen-bond acceptors (Lipinski definition) is 5. The quantitative estimate of drug-likeness (QED) is 0.638. The van der Waals surface area contributed by atoms with Crippen LogP contribution in [0.15, 0.2) is 48.5 Å². The number of hydrogen-bond donors (Lipinski definition) is 2. The van der Waals surface area contributed by atoms with Crippen LogP contribution in [0.2, 0.25) is 0 Å². The topological polar surface area (TPSA) is 105 Å². The third-order valence-corrected chi connectivity index (χ3v) is 5.29. The molecule has 0 bridgehead atoms. The van der Waals surface area contributed by atoms with Crippen LogP contribution in [0.3, 0.4) is 0 Å². The Kier molecular flexibility index (Phi) is 7.25. The molecule has 1 aliphatic rings. The maximum atomic E-state index is 12.6. The smallest absolute Gasteiger partial charge is 0.407 e. The molecule has 8 nitrogen and oxygen atoms in total. The molecule has 2 aromatic carbocycles. The normalized spacial score (nSPS) is 13.1. The summed E-state index contributed by atoms with van der Waals surface area (Å²) in [4.78, 5) is 37.2. The minimum absolute atomic E-state index is 0.0981. The Morgan fingerprint density at radius 1 is 1.06 bits per heavy atom. The second kappa shape index (κ2) is 10.1. The van der Waals surface area contributed by atoms with Gasteiger partial charge in [0.25, 0.3) is 0 Å². The number of likely N-dealkylation sites (N-methyl/N-ethyl adjacent to an activating group) is 1. The van der Waals surface area contributed by atoms with Gasteiger partial charge < -0.3 is 24.8 Å². The van der Waals surface area contributed by atoms with E-state index in [1.807, 2.05) is 48.5 Å². The van der Waals surface area contributed by atoms with E-state index in [1.54, 1.807) is 6.92 Å². The molecule has 31 heavy (non-hydrogen) atoms. The lowest BCUT2D eigenvalue weighted by molar-refractivity contribution is -0.145. The van der Waals surface area contributed by atoms with E-state index in [2.05, 4.69) is 5.32 Å². The second-order valence-electron chi connectivity index (χ2n) is 7.22. The average Bonchev–Trinajstić information content (AvgIpc) is 3.09. The summed E-state index contributed by atoms with van der Waals surface area (Å²) in [5.74, 6) is -1.78. The molecule has 0 fully saturated rings. The van der Waals surface area contributed by atoms with Crippen molar-refractivity contribution in [2.24, 2.45) is 0 Å². The third-order valence-electron chi connectivity index (χ3n) is 5.29. The molecule has 164 valence electrons. The molecule has 2 N–H and O–H groups in total. The van der Waals surface area contributed by atoms with Crippen molar-refractivity contribution in [3.05, 3.63) is 59.7 Å². The van der Waals surface area contributed by atoms with Gasteiger partial charge in [-0.2, -0.15) is 0 Å². The summed E-state index contributed by atoms with van der Waals surface area (Å²) >= 11 is 0. The fraction of sp³-hybridized carbons (Fsp3) is 0.348. The molecular formula is C23H26N2O6. The minimum atomic E-state index is -1.13. The highest BCUT2D eigenvalue weighted by Gasteiger charge is 2.30. The first-order chi connectivity index (χ1) is 15.0. The van der Waals surface area contributed by atoms with Crippen molar-refractivity contribution in [3.63, 3.8) is 0 Å². The van der Waals surface area contributed by atoms with Crippen molar-refractivity contribution >= 4 is 18.0 Å². The van der Waals surface area contributed by atoms with E-state index in [1.165, 1.54) is 7.11 Å². The van der Waals surface area contributed by atoms with Gasteiger partial charge in [0.15, 0.2) is 0 Å². The minimum Gasteiger partial charge on any atom is -0.480 e. The Morgan fingerprint density at radius 2 is 1.65 bits per heavy atom. The van der Waals surface area contributed by atoms with E-state index in [4.69, 9.17) is 14.6 Å². The molecule has 1 unspecified atom stereocenters. The first-order valence-electron chi connectivity index (χ1n) is 10.1. The number of aliphatic carboxylic acids is 1. The van der Waals surface area contributed by atoms with Crippen molar-refractivity contribution in [2.75, 3.05) is 33.4 Å². The molecule has 0 saturated carbocycles. The summed E-state index contributed by atoms with van der Waals surface area (Å²) in [7, 11) is 1.40. The van der Waals surface area contributed by atoms with Crippen LogP contribution in [0.5, 0.6) is 0 Å². The van der Waals surface area contributed by atoms with Gasteiger partial charge in [-0.25, -0.2) is 4.79 Å². The molecule has 1 aliphatic carbocycles. The number of fused-ring (bicyclic) bond motifs is 3. The van der Waals surface area contributed by atoms with E-state index in [-0.39, 0.29) is 25.7 Å². The number of carbonyl (C=O) groups excluding carboxylic acids is 2. The number of nitrogens with one attached hydrogen (secondary N) is 1. The molecule has 2 aromatic rings. The van der Waals surface area contributed by atoms with Gasteiger partial charge >= 0.3 is 12.1 Å². The molecule has 0 spiro atoms. The molecule has 0 aliphatic heterocycles. The summed E-state index contributed by atoms with van der Waals surface area (Å²) in [5.41, 5.74) is 4.40. The van der Waals surface area contributed by atoms with Crippen LogP contribution in [0.4, 0.5) is 4.79 Å². The molecule has 1 atom stereocenters. The fourth-order valence-corrected chi connectivity index (χ4v) is 3.85. The van der Waals surface area contributed by atoms with Crippen LogP contribution < -0.4 is 5.32 Å². The number of benzene rings is 2. The molecule has 2 amide bonds. The zero-order chi connectivity index (χ0) is 22.4. The highest BCUT2D eigenvalue weighted by Crippen LogP contribution is 2.44. The largest absolute Gasteiger partial charge is 0.480 e. The zero-order valence-corrected chi connectivity index (χ0v) is 17.5. The summed E-state index contributed by atoms with van der Waals surface area (Å²) in [6.45, 7) is 1.41. The van der Waals surface area contributed by atoms with Crippen molar-refractivity contribution in [1.29, 1.82) is 0 Å². The first-order valence-corrected chi connectivity index (χ1v) is 10.1. The van der Waals surface area contributed by atoms with E-state index < -0.39 is 30.6 Å². The Labute approximate surface area is 180 Å². The molecule has 0 aromatic heterocycles. The number of carboxylic acids is 1. The van der Waals surface area contributed by atoms with Crippen LogP contribution in [0, 0.1) is 0 Å². The number of carbonyl (C=O) groups is 3. The standard InChI is InChI=1S/C23H26N2O6/c1-3-25(12-21(26)27)22(28)20(14-30-2)24-23(29)31-13-19-17-10-6-4-8-15(17)16-9-5-7-11-18(16)19/h4-11,19-20H,3,12-14H2,1-2H3,(H,24,29)(H,26,27).